The number of aromatic nitrogens is 2. The first kappa shape index (κ1) is 15.1. The number of ether oxygens (including phenoxy) is 1. The molecular weight excluding hydrogens is 272 g/mol. The number of carbonyl (C=O) groups is 1. The molecule has 2 aromatic heterocycles. The summed E-state index contributed by atoms with van der Waals surface area (Å²) in [5.74, 6) is 1.34. The van der Waals surface area contributed by atoms with Gasteiger partial charge in [0.05, 0.1) is 37.7 Å². The van der Waals surface area contributed by atoms with Gasteiger partial charge in [0, 0.05) is 13.6 Å². The largest absolute Gasteiger partial charge is 0.481 e. The summed E-state index contributed by atoms with van der Waals surface area (Å²) in [6.07, 6.45) is 1.58. The molecule has 2 rings (SSSR count). The molecule has 2 heterocycles. The fourth-order valence-electron chi connectivity index (χ4n) is 2.10. The molecule has 0 aliphatic rings. The van der Waals surface area contributed by atoms with Crippen LogP contribution in [0.3, 0.4) is 0 Å². The fraction of sp³-hybridized carbons (Fsp3) is 0.429. The lowest BCUT2D eigenvalue weighted by molar-refractivity contribution is -0.120. The minimum atomic E-state index is -0.0908. The second kappa shape index (κ2) is 6.94. The molecule has 0 spiro atoms. The van der Waals surface area contributed by atoms with Crippen LogP contribution in [0.25, 0.3) is 0 Å². The maximum Gasteiger partial charge on any atom is 0.234 e. The quantitative estimate of drug-likeness (QED) is 0.786. The highest BCUT2D eigenvalue weighted by Crippen LogP contribution is 2.20. The Bertz CT molecular complexity index is 590. The van der Waals surface area contributed by atoms with Gasteiger partial charge in [0.2, 0.25) is 11.8 Å². The van der Waals surface area contributed by atoms with Crippen LogP contribution in [0, 0.1) is 6.92 Å². The van der Waals surface area contributed by atoms with Crippen molar-refractivity contribution in [1.82, 2.24) is 20.4 Å². The molecule has 1 amide bonds. The van der Waals surface area contributed by atoms with E-state index in [9.17, 15) is 4.79 Å². The highest BCUT2D eigenvalue weighted by molar-refractivity contribution is 5.77. The number of rotatable bonds is 7. The van der Waals surface area contributed by atoms with Crippen molar-refractivity contribution in [3.63, 3.8) is 0 Å². The Labute approximate surface area is 123 Å². The number of aryl methyl sites for hydroxylation is 2. The first-order valence-corrected chi connectivity index (χ1v) is 6.68. The Balaban J connectivity index is 1.77. The smallest absolute Gasteiger partial charge is 0.234 e. The van der Waals surface area contributed by atoms with Crippen molar-refractivity contribution >= 4 is 5.91 Å². The van der Waals surface area contributed by atoms with Gasteiger partial charge in [-0.3, -0.25) is 4.79 Å². The summed E-state index contributed by atoms with van der Waals surface area (Å²) in [4.78, 5) is 11.7. The highest BCUT2D eigenvalue weighted by atomic mass is 16.5. The maximum absolute atomic E-state index is 11.7. The van der Waals surface area contributed by atoms with Gasteiger partial charge in [-0.25, -0.2) is 4.68 Å². The summed E-state index contributed by atoms with van der Waals surface area (Å²) in [6.45, 7) is 3.05. The predicted molar refractivity (Wildman–Crippen MR) is 76.8 cm³/mol. The molecule has 114 valence electrons. The monoisotopic (exact) mass is 292 g/mol. The fourth-order valence-corrected chi connectivity index (χ4v) is 2.10. The van der Waals surface area contributed by atoms with E-state index in [1.165, 1.54) is 0 Å². The lowest BCUT2D eigenvalue weighted by Crippen LogP contribution is -2.33. The average molecular weight is 292 g/mol. The van der Waals surface area contributed by atoms with Gasteiger partial charge in [-0.15, -0.1) is 0 Å². The van der Waals surface area contributed by atoms with Gasteiger partial charge in [0.15, 0.2) is 0 Å². The molecular formula is C14H20N4O3. The molecule has 0 unspecified atom stereocenters. The van der Waals surface area contributed by atoms with Gasteiger partial charge >= 0.3 is 0 Å². The third-order valence-corrected chi connectivity index (χ3v) is 3.11. The van der Waals surface area contributed by atoms with Crippen molar-refractivity contribution in [2.45, 2.75) is 20.0 Å². The van der Waals surface area contributed by atoms with Crippen LogP contribution >= 0.6 is 0 Å². The normalized spacial score (nSPS) is 10.6. The molecule has 7 nitrogen and oxygen atoms in total. The molecule has 0 bridgehead atoms. The van der Waals surface area contributed by atoms with Crippen LogP contribution in [-0.4, -0.2) is 29.3 Å². The second-order valence-corrected chi connectivity index (χ2v) is 4.66. The number of nitrogens with one attached hydrogen (secondary N) is 2. The summed E-state index contributed by atoms with van der Waals surface area (Å²) in [7, 11) is 3.43. The van der Waals surface area contributed by atoms with Crippen molar-refractivity contribution in [3.8, 4) is 5.88 Å². The van der Waals surface area contributed by atoms with E-state index in [0.717, 1.165) is 17.0 Å². The van der Waals surface area contributed by atoms with E-state index in [2.05, 4.69) is 15.7 Å². The molecule has 0 fully saturated rings. The van der Waals surface area contributed by atoms with E-state index in [1.54, 1.807) is 24.1 Å². The number of hydrogen-bond donors (Lipinski definition) is 2. The number of methoxy groups -OCH3 is 1. The molecule has 0 aromatic carbocycles. The molecule has 0 aliphatic carbocycles. The van der Waals surface area contributed by atoms with Gasteiger partial charge in [0.25, 0.3) is 0 Å². The molecule has 2 N–H and O–H groups in total. The van der Waals surface area contributed by atoms with Crippen LogP contribution in [0.1, 0.15) is 17.0 Å². The van der Waals surface area contributed by atoms with E-state index >= 15 is 0 Å². The molecule has 0 aliphatic heterocycles. The van der Waals surface area contributed by atoms with E-state index in [1.807, 2.05) is 20.0 Å². The number of furan rings is 1. The van der Waals surface area contributed by atoms with Crippen LogP contribution in [0.15, 0.2) is 22.8 Å². The van der Waals surface area contributed by atoms with Crippen LogP contribution < -0.4 is 15.4 Å². The Kier molecular flexibility index (Phi) is 4.99. The Hall–Kier alpha value is -2.28. The van der Waals surface area contributed by atoms with E-state index in [-0.39, 0.29) is 12.5 Å². The van der Waals surface area contributed by atoms with Crippen molar-refractivity contribution in [2.24, 2.45) is 7.05 Å². The summed E-state index contributed by atoms with van der Waals surface area (Å²) in [6, 6.07) is 3.61. The van der Waals surface area contributed by atoms with Crippen LogP contribution in [0.5, 0.6) is 5.88 Å². The van der Waals surface area contributed by atoms with Gasteiger partial charge < -0.3 is 19.8 Å². The third kappa shape index (κ3) is 3.85. The second-order valence-electron chi connectivity index (χ2n) is 4.66. The highest BCUT2D eigenvalue weighted by Gasteiger charge is 2.13. The molecule has 7 heteroatoms. The number of nitrogens with zero attached hydrogens (tertiary/aromatic N) is 2. The van der Waals surface area contributed by atoms with Crippen molar-refractivity contribution in [2.75, 3.05) is 13.7 Å². The lowest BCUT2D eigenvalue weighted by atomic mass is 10.2. The lowest BCUT2D eigenvalue weighted by Gasteiger charge is -2.07. The van der Waals surface area contributed by atoms with E-state index in [0.29, 0.717) is 19.0 Å². The zero-order valence-corrected chi connectivity index (χ0v) is 12.5. The summed E-state index contributed by atoms with van der Waals surface area (Å²) >= 11 is 0. The first-order valence-electron chi connectivity index (χ1n) is 6.68. The molecule has 0 radical (unpaired) electrons. The molecule has 0 saturated heterocycles. The number of carbonyl (C=O) groups excluding carboxylic acids is 1. The number of hydrogen-bond acceptors (Lipinski definition) is 5. The zero-order valence-electron chi connectivity index (χ0n) is 12.5. The first-order chi connectivity index (χ1) is 10.1. The maximum atomic E-state index is 11.7. The Morgan fingerprint density at radius 3 is 2.95 bits per heavy atom. The van der Waals surface area contributed by atoms with Gasteiger partial charge in [0.1, 0.15) is 5.76 Å². The molecule has 0 saturated carbocycles. The van der Waals surface area contributed by atoms with Gasteiger partial charge in [-0.1, -0.05) is 0 Å². The van der Waals surface area contributed by atoms with E-state index < -0.39 is 0 Å². The van der Waals surface area contributed by atoms with Gasteiger partial charge in [-0.05, 0) is 19.1 Å². The average Bonchev–Trinajstić information content (AvgIpc) is 3.05. The molecule has 2 aromatic rings. The van der Waals surface area contributed by atoms with Crippen molar-refractivity contribution < 1.29 is 13.9 Å². The summed E-state index contributed by atoms with van der Waals surface area (Å²) < 4.78 is 12.1. The SMILES string of the molecule is COc1c(CNCC(=O)NCc2ccco2)c(C)nn1C. The summed E-state index contributed by atoms with van der Waals surface area (Å²) in [5.41, 5.74) is 1.84. The van der Waals surface area contributed by atoms with Crippen molar-refractivity contribution in [1.29, 1.82) is 0 Å². The van der Waals surface area contributed by atoms with E-state index in [4.69, 9.17) is 9.15 Å². The molecule has 0 atom stereocenters. The number of amides is 1. The third-order valence-electron chi connectivity index (χ3n) is 3.11. The van der Waals surface area contributed by atoms with Crippen LogP contribution in [0.4, 0.5) is 0 Å². The van der Waals surface area contributed by atoms with Crippen LogP contribution in [0.2, 0.25) is 0 Å². The van der Waals surface area contributed by atoms with Gasteiger partial charge in [-0.2, -0.15) is 5.10 Å². The minimum absolute atomic E-state index is 0.0908. The molecule has 21 heavy (non-hydrogen) atoms. The predicted octanol–water partition coefficient (Wildman–Crippen LogP) is 0.736. The minimum Gasteiger partial charge on any atom is -0.481 e. The van der Waals surface area contributed by atoms with Crippen molar-refractivity contribution in [3.05, 3.63) is 35.4 Å². The topological polar surface area (TPSA) is 81.3 Å². The van der Waals surface area contributed by atoms with Crippen LogP contribution in [-0.2, 0) is 24.9 Å². The summed E-state index contributed by atoms with van der Waals surface area (Å²) in [5, 5.41) is 10.1. The standard InChI is InChI=1S/C14H20N4O3/c1-10-12(14(20-3)18(2)17-10)8-15-9-13(19)16-7-11-5-4-6-21-11/h4-6,15H,7-9H2,1-3H3,(H,16,19). The Morgan fingerprint density at radius 2 is 2.29 bits per heavy atom. The Morgan fingerprint density at radius 1 is 1.48 bits per heavy atom. The zero-order chi connectivity index (χ0) is 15.2.